The first-order valence-corrected chi connectivity index (χ1v) is 8.02. The smallest absolute Gasteiger partial charge is 0.319 e. The summed E-state index contributed by atoms with van der Waals surface area (Å²) in [7, 11) is 0. The number of unbranched alkanes of at least 4 members (excludes halogenated alkanes) is 2. The van der Waals surface area contributed by atoms with Gasteiger partial charge in [0.25, 0.3) is 11.8 Å². The van der Waals surface area contributed by atoms with E-state index in [0.717, 1.165) is 19.3 Å². The Morgan fingerprint density at radius 1 is 1.13 bits per heavy atom. The van der Waals surface area contributed by atoms with Crippen molar-refractivity contribution in [1.82, 2.24) is 10.2 Å². The van der Waals surface area contributed by atoms with E-state index in [9.17, 15) is 14.4 Å². The third kappa shape index (κ3) is 3.70. The maximum absolute atomic E-state index is 12.3. The molecule has 0 fully saturated rings. The monoisotopic (exact) mass is 317 g/mol. The lowest BCUT2D eigenvalue weighted by Crippen LogP contribution is -2.35. The Hall–Kier alpha value is -2.37. The Labute approximate surface area is 136 Å². The van der Waals surface area contributed by atoms with Crippen LogP contribution in [0.5, 0.6) is 0 Å². The summed E-state index contributed by atoms with van der Waals surface area (Å²) in [4.78, 5) is 37.5. The molecule has 1 aliphatic heterocycles. The van der Waals surface area contributed by atoms with Gasteiger partial charge in [0, 0.05) is 18.3 Å². The largest absolute Gasteiger partial charge is 0.338 e. The van der Waals surface area contributed by atoms with E-state index in [4.69, 9.17) is 0 Å². The maximum atomic E-state index is 12.3. The molecule has 0 radical (unpaired) electrons. The molecule has 0 unspecified atom stereocenters. The first-order chi connectivity index (χ1) is 11.0. The fraction of sp³-hybridized carbons (Fsp3) is 0.471. The molecule has 0 atom stereocenters. The van der Waals surface area contributed by atoms with Crippen molar-refractivity contribution in [3.05, 3.63) is 29.3 Å². The van der Waals surface area contributed by atoms with Crippen LogP contribution in [0.25, 0.3) is 0 Å². The molecule has 0 aromatic heterocycles. The fourth-order valence-corrected chi connectivity index (χ4v) is 2.56. The van der Waals surface area contributed by atoms with Crippen molar-refractivity contribution in [2.75, 3.05) is 11.9 Å². The molecule has 23 heavy (non-hydrogen) atoms. The number of imide groups is 1. The summed E-state index contributed by atoms with van der Waals surface area (Å²) < 4.78 is 0. The van der Waals surface area contributed by atoms with E-state index in [2.05, 4.69) is 17.6 Å². The molecule has 0 saturated carbocycles. The molecule has 0 saturated heterocycles. The molecule has 0 spiro atoms. The van der Waals surface area contributed by atoms with Crippen molar-refractivity contribution in [3.8, 4) is 0 Å². The lowest BCUT2D eigenvalue weighted by atomic mass is 10.1. The molecule has 6 nitrogen and oxygen atoms in total. The van der Waals surface area contributed by atoms with Gasteiger partial charge in [-0.2, -0.15) is 0 Å². The van der Waals surface area contributed by atoms with Gasteiger partial charge in [-0.05, 0) is 38.5 Å². The van der Waals surface area contributed by atoms with Crippen LogP contribution < -0.4 is 10.6 Å². The zero-order valence-electron chi connectivity index (χ0n) is 13.8. The van der Waals surface area contributed by atoms with Gasteiger partial charge in [-0.15, -0.1) is 0 Å². The minimum absolute atomic E-state index is 0.194. The Bertz CT molecular complexity index is 626. The van der Waals surface area contributed by atoms with Crippen LogP contribution in [0.15, 0.2) is 18.2 Å². The molecule has 1 aromatic carbocycles. The highest BCUT2D eigenvalue weighted by Crippen LogP contribution is 2.27. The summed E-state index contributed by atoms with van der Waals surface area (Å²) in [5.41, 5.74) is 1.23. The Kier molecular flexibility index (Phi) is 5.36. The number of urea groups is 1. The number of amides is 4. The van der Waals surface area contributed by atoms with Crippen LogP contribution >= 0.6 is 0 Å². The molecule has 1 aromatic rings. The van der Waals surface area contributed by atoms with E-state index in [-0.39, 0.29) is 23.9 Å². The van der Waals surface area contributed by atoms with Gasteiger partial charge in [-0.1, -0.05) is 19.8 Å². The predicted molar refractivity (Wildman–Crippen MR) is 88.6 cm³/mol. The normalized spacial score (nSPS) is 13.5. The molecular weight excluding hydrogens is 294 g/mol. The SMILES string of the molecule is CCCCCNC(=O)Nc1ccc2c(c1)C(=O)N(C(C)C)C2=O. The summed E-state index contributed by atoms with van der Waals surface area (Å²) in [5, 5.41) is 5.46. The van der Waals surface area contributed by atoms with Crippen LogP contribution in [0.1, 0.15) is 60.7 Å². The summed E-state index contributed by atoms with van der Waals surface area (Å²) in [5.74, 6) is -0.595. The van der Waals surface area contributed by atoms with Gasteiger partial charge in [0.15, 0.2) is 0 Å². The minimum atomic E-state index is -0.313. The second-order valence-corrected chi connectivity index (χ2v) is 5.92. The van der Waals surface area contributed by atoms with Crippen molar-refractivity contribution >= 4 is 23.5 Å². The van der Waals surface area contributed by atoms with Gasteiger partial charge >= 0.3 is 6.03 Å². The number of rotatable bonds is 6. The number of hydrogen-bond acceptors (Lipinski definition) is 3. The van der Waals surface area contributed by atoms with Crippen molar-refractivity contribution in [1.29, 1.82) is 0 Å². The first kappa shape index (κ1) is 17.0. The van der Waals surface area contributed by atoms with Crippen LogP contribution in [0.3, 0.4) is 0 Å². The lowest BCUT2D eigenvalue weighted by Gasteiger charge is -2.17. The second kappa shape index (κ2) is 7.26. The number of nitrogens with one attached hydrogen (secondary N) is 2. The van der Waals surface area contributed by atoms with Crippen LogP contribution in [0.4, 0.5) is 10.5 Å². The second-order valence-electron chi connectivity index (χ2n) is 5.92. The standard InChI is InChI=1S/C17H23N3O3/c1-4-5-6-9-18-17(23)19-12-7-8-13-14(10-12)16(22)20(11(2)3)15(13)21/h7-8,10-11H,4-6,9H2,1-3H3,(H2,18,19,23). The predicted octanol–water partition coefficient (Wildman–Crippen LogP) is 3.00. The number of anilines is 1. The lowest BCUT2D eigenvalue weighted by molar-refractivity contribution is 0.0609. The third-order valence-electron chi connectivity index (χ3n) is 3.76. The minimum Gasteiger partial charge on any atom is -0.338 e. The first-order valence-electron chi connectivity index (χ1n) is 8.02. The van der Waals surface area contributed by atoms with E-state index in [1.807, 2.05) is 0 Å². The number of benzene rings is 1. The maximum Gasteiger partial charge on any atom is 0.319 e. The van der Waals surface area contributed by atoms with Crippen LogP contribution in [-0.4, -0.2) is 35.3 Å². The third-order valence-corrected chi connectivity index (χ3v) is 3.76. The molecular formula is C17H23N3O3. The molecule has 4 amide bonds. The fourth-order valence-electron chi connectivity index (χ4n) is 2.56. The number of nitrogens with zero attached hydrogens (tertiary/aromatic N) is 1. The molecule has 6 heteroatoms. The van der Waals surface area contributed by atoms with Gasteiger partial charge in [0.1, 0.15) is 0 Å². The van der Waals surface area contributed by atoms with Crippen LogP contribution in [0, 0.1) is 0 Å². The van der Waals surface area contributed by atoms with E-state index >= 15 is 0 Å². The number of fused-ring (bicyclic) bond motifs is 1. The van der Waals surface area contributed by atoms with E-state index < -0.39 is 0 Å². The zero-order valence-corrected chi connectivity index (χ0v) is 13.8. The summed E-state index contributed by atoms with van der Waals surface area (Å²) in [6, 6.07) is 4.28. The van der Waals surface area contributed by atoms with Crippen LogP contribution in [0.2, 0.25) is 0 Å². The molecule has 0 bridgehead atoms. The van der Waals surface area contributed by atoms with Crippen LogP contribution in [-0.2, 0) is 0 Å². The summed E-state index contributed by atoms with van der Waals surface area (Å²) in [6.07, 6.45) is 3.10. The molecule has 0 aliphatic carbocycles. The van der Waals surface area contributed by atoms with Crippen molar-refractivity contribution in [3.63, 3.8) is 0 Å². The van der Waals surface area contributed by atoms with Gasteiger partial charge in [0.2, 0.25) is 0 Å². The van der Waals surface area contributed by atoms with E-state index in [0.29, 0.717) is 23.4 Å². The Morgan fingerprint density at radius 2 is 1.83 bits per heavy atom. The zero-order chi connectivity index (χ0) is 17.0. The van der Waals surface area contributed by atoms with Gasteiger partial charge < -0.3 is 10.6 Å². The number of carbonyl (C=O) groups is 3. The van der Waals surface area contributed by atoms with Gasteiger partial charge in [0.05, 0.1) is 11.1 Å². The molecule has 124 valence electrons. The average molecular weight is 317 g/mol. The van der Waals surface area contributed by atoms with Crippen molar-refractivity contribution < 1.29 is 14.4 Å². The van der Waals surface area contributed by atoms with Gasteiger partial charge in [-0.3, -0.25) is 14.5 Å². The van der Waals surface area contributed by atoms with E-state index in [1.165, 1.54) is 4.90 Å². The molecule has 1 aliphatic rings. The molecule has 2 N–H and O–H groups in total. The number of hydrogen-bond donors (Lipinski definition) is 2. The molecule has 2 rings (SSSR count). The quantitative estimate of drug-likeness (QED) is 0.625. The van der Waals surface area contributed by atoms with Gasteiger partial charge in [-0.25, -0.2) is 4.79 Å². The number of carbonyl (C=O) groups excluding carboxylic acids is 3. The summed E-state index contributed by atoms with van der Waals surface area (Å²) in [6.45, 7) is 6.31. The Balaban J connectivity index is 2.04. The Morgan fingerprint density at radius 3 is 2.48 bits per heavy atom. The highest BCUT2D eigenvalue weighted by atomic mass is 16.2. The van der Waals surface area contributed by atoms with Crippen molar-refractivity contribution in [2.24, 2.45) is 0 Å². The highest BCUT2D eigenvalue weighted by Gasteiger charge is 2.37. The van der Waals surface area contributed by atoms with Crippen molar-refractivity contribution in [2.45, 2.75) is 46.1 Å². The topological polar surface area (TPSA) is 78.5 Å². The molecule has 1 heterocycles. The van der Waals surface area contributed by atoms with E-state index in [1.54, 1.807) is 32.0 Å². The summed E-state index contributed by atoms with van der Waals surface area (Å²) >= 11 is 0. The highest BCUT2D eigenvalue weighted by molar-refractivity contribution is 6.22. The average Bonchev–Trinajstić information content (AvgIpc) is 2.75.